The molecule has 0 bridgehead atoms. The highest BCUT2D eigenvalue weighted by molar-refractivity contribution is 7.93. The molecule has 0 amide bonds. The normalized spacial score (nSPS) is 12.9. The number of hydrogen-bond donors (Lipinski definition) is 0. The van der Waals surface area contributed by atoms with Crippen LogP contribution < -0.4 is 0 Å². The fraction of sp³-hybridized carbons (Fsp3) is 0.190. The van der Waals surface area contributed by atoms with Crippen molar-refractivity contribution in [2.24, 2.45) is 5.92 Å². The number of carbonyl (C=O) groups is 2. The van der Waals surface area contributed by atoms with Crippen LogP contribution in [0, 0.1) is 11.7 Å². The van der Waals surface area contributed by atoms with Gasteiger partial charge in [0.05, 0.1) is 5.75 Å². The van der Waals surface area contributed by atoms with Crippen LogP contribution in [0.15, 0.2) is 52.7 Å². The van der Waals surface area contributed by atoms with E-state index in [2.05, 4.69) is 4.98 Å². The van der Waals surface area contributed by atoms with Gasteiger partial charge in [-0.05, 0) is 43.0 Å². The Morgan fingerprint density at radius 3 is 2.23 bits per heavy atom. The molecule has 1 fully saturated rings. The zero-order valence-corrected chi connectivity index (χ0v) is 18.3. The Morgan fingerprint density at radius 1 is 1.03 bits per heavy atom. The Kier molecular flexibility index (Phi) is 8.40. The van der Waals surface area contributed by atoms with Crippen molar-refractivity contribution in [1.82, 2.24) is 4.98 Å². The molecule has 3 aromatic rings. The summed E-state index contributed by atoms with van der Waals surface area (Å²) in [6.07, 6.45) is 1.90. The zero-order valence-electron chi connectivity index (χ0n) is 15.9. The number of sulfone groups is 1. The van der Waals surface area contributed by atoms with Crippen LogP contribution in [0.3, 0.4) is 0 Å². The number of halogens is 2. The minimum absolute atomic E-state index is 0.137. The van der Waals surface area contributed by atoms with Gasteiger partial charge >= 0.3 is 0 Å². The van der Waals surface area contributed by atoms with E-state index in [1.807, 2.05) is 13.6 Å². The van der Waals surface area contributed by atoms with E-state index in [0.29, 0.717) is 26.9 Å². The number of aromatic nitrogens is 1. The van der Waals surface area contributed by atoms with E-state index in [1.54, 1.807) is 36.4 Å². The standard InChI is InChI=1S/C19H15ClFNO2S2.2CH2O/c20-15-8-6-13(7-9-15)17-19(26(23,24)11-12-4-5-12)25-18(22-17)14-2-1-3-16(21)10-14;2*1-2/h1-3,6-10,12H,4-5,11H2;2*1H2. The highest BCUT2D eigenvalue weighted by atomic mass is 35.5. The van der Waals surface area contributed by atoms with Crippen LogP contribution in [0.1, 0.15) is 12.8 Å². The van der Waals surface area contributed by atoms with E-state index in [9.17, 15) is 12.8 Å². The molecule has 0 aliphatic heterocycles. The first kappa shape index (κ1) is 23.9. The van der Waals surface area contributed by atoms with Gasteiger partial charge in [-0.1, -0.05) is 35.9 Å². The molecule has 158 valence electrons. The van der Waals surface area contributed by atoms with Crippen molar-refractivity contribution in [3.05, 3.63) is 59.4 Å². The highest BCUT2D eigenvalue weighted by Crippen LogP contribution is 2.40. The van der Waals surface area contributed by atoms with Crippen LogP contribution in [0.2, 0.25) is 5.02 Å². The summed E-state index contributed by atoms with van der Waals surface area (Å²) in [5.74, 6) is -0.0100. The lowest BCUT2D eigenvalue weighted by molar-refractivity contribution is -0.0987. The van der Waals surface area contributed by atoms with Gasteiger partial charge in [-0.3, -0.25) is 0 Å². The number of rotatable bonds is 5. The second kappa shape index (κ2) is 10.6. The lowest BCUT2D eigenvalue weighted by atomic mass is 10.2. The van der Waals surface area contributed by atoms with E-state index in [1.165, 1.54) is 12.1 Å². The van der Waals surface area contributed by atoms with E-state index < -0.39 is 9.84 Å². The lowest BCUT2D eigenvalue weighted by Crippen LogP contribution is -2.07. The summed E-state index contributed by atoms with van der Waals surface area (Å²) in [7, 11) is -3.45. The second-order valence-corrected chi connectivity index (χ2v) is 10.1. The molecular weight excluding hydrogens is 449 g/mol. The summed E-state index contributed by atoms with van der Waals surface area (Å²) in [6, 6.07) is 12.9. The molecule has 0 atom stereocenters. The molecule has 1 saturated carbocycles. The van der Waals surface area contributed by atoms with Crippen molar-refractivity contribution in [3.63, 3.8) is 0 Å². The third kappa shape index (κ3) is 5.81. The first-order valence-corrected chi connectivity index (χ1v) is 11.6. The van der Waals surface area contributed by atoms with Crippen molar-refractivity contribution in [1.29, 1.82) is 0 Å². The van der Waals surface area contributed by atoms with Gasteiger partial charge in [0, 0.05) is 16.1 Å². The first-order valence-electron chi connectivity index (χ1n) is 8.75. The van der Waals surface area contributed by atoms with Crippen LogP contribution in [-0.4, -0.2) is 32.7 Å². The van der Waals surface area contributed by atoms with Gasteiger partial charge < -0.3 is 9.59 Å². The summed E-state index contributed by atoms with van der Waals surface area (Å²) < 4.78 is 39.7. The number of thiazole rings is 1. The number of benzene rings is 2. The second-order valence-electron chi connectivity index (χ2n) is 6.40. The average molecular weight is 468 g/mol. The van der Waals surface area contributed by atoms with E-state index in [4.69, 9.17) is 21.2 Å². The largest absolute Gasteiger partial charge is 0.307 e. The van der Waals surface area contributed by atoms with Crippen molar-refractivity contribution >= 4 is 46.4 Å². The molecule has 2 aromatic carbocycles. The van der Waals surface area contributed by atoms with Crippen molar-refractivity contribution in [2.75, 3.05) is 5.75 Å². The van der Waals surface area contributed by atoms with Gasteiger partial charge in [-0.15, -0.1) is 11.3 Å². The molecule has 30 heavy (non-hydrogen) atoms. The Balaban J connectivity index is 0.000000757. The van der Waals surface area contributed by atoms with Crippen molar-refractivity contribution < 1.29 is 22.4 Å². The monoisotopic (exact) mass is 467 g/mol. The molecule has 9 heteroatoms. The summed E-state index contributed by atoms with van der Waals surface area (Å²) >= 11 is 7.05. The molecule has 0 unspecified atom stereocenters. The Hall–Kier alpha value is -2.42. The lowest BCUT2D eigenvalue weighted by Gasteiger charge is -2.04. The van der Waals surface area contributed by atoms with Gasteiger partial charge in [0.1, 0.15) is 34.3 Å². The molecule has 0 spiro atoms. The third-order valence-electron chi connectivity index (χ3n) is 4.22. The molecular formula is C21H19ClFNO4S2. The topological polar surface area (TPSA) is 81.2 Å². The van der Waals surface area contributed by atoms with Crippen LogP contribution in [-0.2, 0) is 19.4 Å². The fourth-order valence-electron chi connectivity index (χ4n) is 2.72. The Labute approximate surface area is 183 Å². The minimum atomic E-state index is -3.45. The molecule has 1 aliphatic carbocycles. The van der Waals surface area contributed by atoms with E-state index in [-0.39, 0.29) is 21.7 Å². The Morgan fingerprint density at radius 2 is 1.67 bits per heavy atom. The van der Waals surface area contributed by atoms with Crippen molar-refractivity contribution in [2.45, 2.75) is 17.1 Å². The number of hydrogen-bond acceptors (Lipinski definition) is 6. The maximum Gasteiger partial charge on any atom is 0.190 e. The molecule has 0 radical (unpaired) electrons. The summed E-state index contributed by atoms with van der Waals surface area (Å²) in [6.45, 7) is 4.00. The number of nitrogens with zero attached hydrogens (tertiary/aromatic N) is 1. The van der Waals surface area contributed by atoms with Crippen LogP contribution in [0.5, 0.6) is 0 Å². The fourth-order valence-corrected chi connectivity index (χ4v) is 6.18. The van der Waals surface area contributed by atoms with E-state index in [0.717, 1.165) is 24.2 Å². The summed E-state index contributed by atoms with van der Waals surface area (Å²) in [5, 5.41) is 1.06. The zero-order chi connectivity index (χ0) is 22.3. The highest BCUT2D eigenvalue weighted by Gasteiger charge is 2.33. The van der Waals surface area contributed by atoms with Gasteiger partial charge in [-0.25, -0.2) is 17.8 Å². The SMILES string of the molecule is C=O.C=O.O=S(=O)(CC1CC1)c1sc(-c2cccc(F)c2)nc1-c1ccc(Cl)cc1. The minimum Gasteiger partial charge on any atom is -0.307 e. The summed E-state index contributed by atoms with van der Waals surface area (Å²) in [4.78, 5) is 20.5. The van der Waals surface area contributed by atoms with Gasteiger partial charge in [0.2, 0.25) is 0 Å². The molecule has 4 rings (SSSR count). The smallest absolute Gasteiger partial charge is 0.190 e. The summed E-state index contributed by atoms with van der Waals surface area (Å²) in [5.41, 5.74) is 1.66. The van der Waals surface area contributed by atoms with Crippen LogP contribution in [0.4, 0.5) is 4.39 Å². The van der Waals surface area contributed by atoms with E-state index >= 15 is 0 Å². The van der Waals surface area contributed by atoms with Gasteiger partial charge in [0.25, 0.3) is 0 Å². The molecule has 1 aromatic heterocycles. The molecule has 0 N–H and O–H groups in total. The molecule has 0 saturated heterocycles. The third-order valence-corrected chi connectivity index (χ3v) is 8.05. The van der Waals surface area contributed by atoms with Gasteiger partial charge in [0.15, 0.2) is 9.84 Å². The number of carbonyl (C=O) groups excluding carboxylic acids is 2. The Bertz CT molecular complexity index is 1090. The average Bonchev–Trinajstić information content (AvgIpc) is 3.43. The maximum atomic E-state index is 13.6. The maximum absolute atomic E-state index is 13.6. The predicted molar refractivity (Wildman–Crippen MR) is 117 cm³/mol. The van der Waals surface area contributed by atoms with Gasteiger partial charge in [-0.2, -0.15) is 0 Å². The molecule has 5 nitrogen and oxygen atoms in total. The van der Waals surface area contributed by atoms with Crippen LogP contribution in [0.25, 0.3) is 21.8 Å². The molecule has 1 heterocycles. The molecule has 1 aliphatic rings. The van der Waals surface area contributed by atoms with Crippen LogP contribution >= 0.6 is 22.9 Å². The first-order chi connectivity index (χ1) is 14.4. The quantitative estimate of drug-likeness (QED) is 0.522. The van der Waals surface area contributed by atoms with Crippen molar-refractivity contribution in [3.8, 4) is 21.8 Å². The predicted octanol–water partition coefficient (Wildman–Crippen LogP) is 5.08.